The zero-order valence-corrected chi connectivity index (χ0v) is 19.7. The molecule has 5 rings (SSSR count). The number of carbonyl (C=O) groups excluding carboxylic acids is 2. The molecule has 0 saturated carbocycles. The molecule has 2 aliphatic rings. The Kier molecular flexibility index (Phi) is 6.03. The molecule has 1 unspecified atom stereocenters. The van der Waals surface area contributed by atoms with E-state index in [1.165, 1.54) is 4.90 Å². The summed E-state index contributed by atoms with van der Waals surface area (Å²) in [5.41, 5.74) is 2.76. The van der Waals surface area contributed by atoms with Crippen LogP contribution >= 0.6 is 0 Å². The van der Waals surface area contributed by atoms with Crippen LogP contribution in [0.3, 0.4) is 0 Å². The van der Waals surface area contributed by atoms with E-state index >= 15 is 0 Å². The highest BCUT2D eigenvalue weighted by molar-refractivity contribution is 6.51. The van der Waals surface area contributed by atoms with Crippen molar-refractivity contribution in [2.24, 2.45) is 0 Å². The lowest BCUT2D eigenvalue weighted by Crippen LogP contribution is -2.29. The summed E-state index contributed by atoms with van der Waals surface area (Å²) >= 11 is 0. The molecule has 1 fully saturated rings. The number of para-hydroxylation sites is 1. The topological polar surface area (TPSA) is 76.1 Å². The molecule has 2 heterocycles. The van der Waals surface area contributed by atoms with Crippen LogP contribution in [-0.2, 0) is 16.0 Å². The van der Waals surface area contributed by atoms with Crippen LogP contribution in [0.1, 0.15) is 43.0 Å². The number of ketones is 1. The molecular formula is C29H27NO5. The van der Waals surface area contributed by atoms with Crippen molar-refractivity contribution in [1.29, 1.82) is 0 Å². The van der Waals surface area contributed by atoms with Crippen LogP contribution in [-0.4, -0.2) is 29.5 Å². The van der Waals surface area contributed by atoms with Crippen LogP contribution in [0.2, 0.25) is 0 Å². The third-order valence-corrected chi connectivity index (χ3v) is 6.21. The van der Waals surface area contributed by atoms with Gasteiger partial charge in [0.15, 0.2) is 0 Å². The fourth-order valence-corrected chi connectivity index (χ4v) is 4.70. The number of aliphatic hydroxyl groups is 1. The summed E-state index contributed by atoms with van der Waals surface area (Å²) < 4.78 is 11.6. The van der Waals surface area contributed by atoms with Crippen molar-refractivity contribution < 1.29 is 24.2 Å². The SMILES string of the molecule is CC(C)Oc1cccc(C2/C(=C(/O)c3ccc4c(c3)CCCO4)C(=O)C(=O)N2c2ccccc2)c1. The number of carbonyl (C=O) groups is 2. The van der Waals surface area contributed by atoms with Crippen LogP contribution in [0.15, 0.2) is 78.4 Å². The lowest BCUT2D eigenvalue weighted by Gasteiger charge is -2.26. The van der Waals surface area contributed by atoms with Gasteiger partial charge in [0.1, 0.15) is 17.3 Å². The summed E-state index contributed by atoms with van der Waals surface area (Å²) in [6.07, 6.45) is 1.67. The van der Waals surface area contributed by atoms with Crippen LogP contribution in [0, 0.1) is 0 Å². The Morgan fingerprint density at radius 2 is 1.83 bits per heavy atom. The highest BCUT2D eigenvalue weighted by Crippen LogP contribution is 2.43. The normalized spacial score (nSPS) is 18.9. The molecule has 1 atom stereocenters. The number of hydrogen-bond acceptors (Lipinski definition) is 5. The Labute approximate surface area is 204 Å². The van der Waals surface area contributed by atoms with E-state index in [9.17, 15) is 14.7 Å². The lowest BCUT2D eigenvalue weighted by molar-refractivity contribution is -0.132. The fraction of sp³-hybridized carbons (Fsp3) is 0.241. The van der Waals surface area contributed by atoms with Crippen molar-refractivity contribution in [3.05, 3.63) is 95.1 Å². The van der Waals surface area contributed by atoms with Gasteiger partial charge in [-0.15, -0.1) is 0 Å². The summed E-state index contributed by atoms with van der Waals surface area (Å²) in [5, 5.41) is 11.4. The van der Waals surface area contributed by atoms with Crippen molar-refractivity contribution in [1.82, 2.24) is 0 Å². The molecule has 1 saturated heterocycles. The number of rotatable bonds is 5. The Hall–Kier alpha value is -4.06. The second kappa shape index (κ2) is 9.29. The number of aliphatic hydroxyl groups excluding tert-OH is 1. The molecule has 0 spiro atoms. The summed E-state index contributed by atoms with van der Waals surface area (Å²) in [6.45, 7) is 4.53. The van der Waals surface area contributed by atoms with E-state index in [-0.39, 0.29) is 17.4 Å². The second-order valence-electron chi connectivity index (χ2n) is 9.02. The average Bonchev–Trinajstić information content (AvgIpc) is 3.14. The molecule has 6 heteroatoms. The number of fused-ring (bicyclic) bond motifs is 1. The van der Waals surface area contributed by atoms with Crippen LogP contribution in [0.25, 0.3) is 5.76 Å². The van der Waals surface area contributed by atoms with Gasteiger partial charge >= 0.3 is 0 Å². The van der Waals surface area contributed by atoms with Gasteiger partial charge in [-0.3, -0.25) is 14.5 Å². The highest BCUT2D eigenvalue weighted by atomic mass is 16.5. The van der Waals surface area contributed by atoms with Gasteiger partial charge in [0.05, 0.1) is 24.3 Å². The van der Waals surface area contributed by atoms with Crippen molar-refractivity contribution in [3.8, 4) is 11.5 Å². The molecule has 35 heavy (non-hydrogen) atoms. The Balaban J connectivity index is 1.68. The summed E-state index contributed by atoms with van der Waals surface area (Å²) in [5.74, 6) is -0.190. The van der Waals surface area contributed by atoms with Crippen LogP contribution < -0.4 is 14.4 Å². The van der Waals surface area contributed by atoms with Crippen LogP contribution in [0.5, 0.6) is 11.5 Å². The van der Waals surface area contributed by atoms with Gasteiger partial charge < -0.3 is 14.6 Å². The smallest absolute Gasteiger partial charge is 0.300 e. The molecule has 6 nitrogen and oxygen atoms in total. The van der Waals surface area contributed by atoms with Gasteiger partial charge in [0, 0.05) is 11.3 Å². The van der Waals surface area contributed by atoms with Gasteiger partial charge in [-0.1, -0.05) is 30.3 Å². The quantitative estimate of drug-likeness (QED) is 0.307. The molecule has 0 bridgehead atoms. The van der Waals surface area contributed by atoms with Gasteiger partial charge in [0.2, 0.25) is 0 Å². The Morgan fingerprint density at radius 3 is 2.60 bits per heavy atom. The van der Waals surface area contributed by atoms with E-state index < -0.39 is 17.7 Å². The van der Waals surface area contributed by atoms with Crippen molar-refractivity contribution in [2.45, 2.75) is 38.8 Å². The third kappa shape index (κ3) is 4.28. The van der Waals surface area contributed by atoms with E-state index in [1.807, 2.05) is 68.4 Å². The molecule has 3 aromatic rings. The Bertz CT molecular complexity index is 1310. The predicted molar refractivity (Wildman–Crippen MR) is 134 cm³/mol. The number of Topliss-reactive ketones (excluding diaryl/α,β-unsaturated/α-hetero) is 1. The van der Waals surface area contributed by atoms with E-state index in [1.54, 1.807) is 18.2 Å². The predicted octanol–water partition coefficient (Wildman–Crippen LogP) is 5.43. The minimum atomic E-state index is -0.805. The number of benzene rings is 3. The maximum absolute atomic E-state index is 13.4. The van der Waals surface area contributed by atoms with E-state index in [0.717, 1.165) is 24.2 Å². The summed E-state index contributed by atoms with van der Waals surface area (Å²) in [7, 11) is 0. The molecule has 0 aromatic heterocycles. The fourth-order valence-electron chi connectivity index (χ4n) is 4.70. The zero-order chi connectivity index (χ0) is 24.5. The van der Waals surface area contributed by atoms with Gasteiger partial charge in [0.25, 0.3) is 11.7 Å². The third-order valence-electron chi connectivity index (χ3n) is 6.21. The second-order valence-corrected chi connectivity index (χ2v) is 9.02. The van der Waals surface area contributed by atoms with Gasteiger partial charge in [-0.25, -0.2) is 0 Å². The molecule has 3 aromatic carbocycles. The maximum Gasteiger partial charge on any atom is 0.300 e. The molecule has 1 N–H and O–H groups in total. The first kappa shape index (κ1) is 22.7. The highest BCUT2D eigenvalue weighted by Gasteiger charge is 2.47. The van der Waals surface area contributed by atoms with Crippen molar-refractivity contribution in [2.75, 3.05) is 11.5 Å². The standard InChI is InChI=1S/C29H27NO5/c1-18(2)35-23-12-6-8-20(17-23)26-25(28(32)29(33)30(26)22-10-4-3-5-11-22)27(31)21-13-14-24-19(16-21)9-7-15-34-24/h3-6,8,10-14,16-18,26,31H,7,9,15H2,1-2H3/b27-25-. The molecular weight excluding hydrogens is 442 g/mol. The lowest BCUT2D eigenvalue weighted by atomic mass is 9.93. The maximum atomic E-state index is 13.4. The molecule has 0 aliphatic carbocycles. The van der Waals surface area contributed by atoms with E-state index in [4.69, 9.17) is 9.47 Å². The zero-order valence-electron chi connectivity index (χ0n) is 19.7. The van der Waals surface area contributed by atoms with Gasteiger partial charge in [-0.05, 0) is 80.3 Å². The van der Waals surface area contributed by atoms with E-state index in [2.05, 4.69) is 0 Å². The number of aryl methyl sites for hydroxylation is 1. The first-order chi connectivity index (χ1) is 16.9. The number of amides is 1. The number of anilines is 1. The average molecular weight is 470 g/mol. The molecule has 0 radical (unpaired) electrons. The van der Waals surface area contributed by atoms with Gasteiger partial charge in [-0.2, -0.15) is 0 Å². The first-order valence-corrected chi connectivity index (χ1v) is 11.8. The first-order valence-electron chi connectivity index (χ1n) is 11.8. The monoisotopic (exact) mass is 469 g/mol. The minimum absolute atomic E-state index is 0.0385. The molecule has 1 amide bonds. The number of nitrogens with zero attached hydrogens (tertiary/aromatic N) is 1. The Morgan fingerprint density at radius 1 is 1.03 bits per heavy atom. The van der Waals surface area contributed by atoms with Crippen molar-refractivity contribution in [3.63, 3.8) is 0 Å². The van der Waals surface area contributed by atoms with E-state index in [0.29, 0.717) is 29.2 Å². The number of hydrogen-bond donors (Lipinski definition) is 1. The largest absolute Gasteiger partial charge is 0.507 e. The minimum Gasteiger partial charge on any atom is -0.507 e. The van der Waals surface area contributed by atoms with Crippen LogP contribution in [0.4, 0.5) is 5.69 Å². The van der Waals surface area contributed by atoms with Crippen molar-refractivity contribution >= 4 is 23.1 Å². The number of ether oxygens (including phenoxy) is 2. The summed E-state index contributed by atoms with van der Waals surface area (Å²) in [6, 6.07) is 20.9. The molecule has 2 aliphatic heterocycles. The summed E-state index contributed by atoms with van der Waals surface area (Å²) in [4.78, 5) is 28.1. The molecule has 178 valence electrons.